The number of hydrogen-bond acceptors (Lipinski definition) is 6. The van der Waals surface area contributed by atoms with E-state index >= 15 is 0 Å². The highest BCUT2D eigenvalue weighted by atomic mass is 16.5. The van der Waals surface area contributed by atoms with Crippen molar-refractivity contribution in [1.29, 1.82) is 0 Å². The molecule has 2 aromatic heterocycles. The standard InChI is InChI=1S/C21H31N5O3/c1-4-26-17(5-9-22-26)20(27)25-10-7-21(8-11-25)14-16(6-12-28-21)13-18-23-19(15(2)3)29-24-18/h5,9,15-16H,4,6-8,10-14H2,1-3H3. The van der Waals surface area contributed by atoms with E-state index in [1.807, 2.05) is 11.8 Å². The molecule has 0 N–H and O–H groups in total. The molecule has 4 rings (SSSR count). The second-order valence-electron chi connectivity index (χ2n) is 8.62. The summed E-state index contributed by atoms with van der Waals surface area (Å²) in [6, 6.07) is 1.81. The van der Waals surface area contributed by atoms with Gasteiger partial charge in [0.15, 0.2) is 5.82 Å². The van der Waals surface area contributed by atoms with Gasteiger partial charge in [0.25, 0.3) is 5.91 Å². The van der Waals surface area contributed by atoms with E-state index in [2.05, 4.69) is 29.1 Å². The number of amides is 1. The van der Waals surface area contributed by atoms with Gasteiger partial charge in [-0.25, -0.2) is 0 Å². The van der Waals surface area contributed by atoms with Gasteiger partial charge in [-0.1, -0.05) is 19.0 Å². The number of hydrogen-bond donors (Lipinski definition) is 0. The maximum absolute atomic E-state index is 12.9. The van der Waals surface area contributed by atoms with Crippen molar-refractivity contribution in [2.45, 2.75) is 70.9 Å². The third-order valence-electron chi connectivity index (χ3n) is 6.24. The van der Waals surface area contributed by atoms with Gasteiger partial charge in [0, 0.05) is 44.8 Å². The van der Waals surface area contributed by atoms with Crippen molar-refractivity contribution >= 4 is 5.91 Å². The van der Waals surface area contributed by atoms with Gasteiger partial charge in [-0.3, -0.25) is 9.48 Å². The van der Waals surface area contributed by atoms with Crippen LogP contribution in [0.1, 0.15) is 74.6 Å². The molecule has 29 heavy (non-hydrogen) atoms. The van der Waals surface area contributed by atoms with E-state index in [1.54, 1.807) is 16.9 Å². The van der Waals surface area contributed by atoms with Crippen LogP contribution in [0.4, 0.5) is 0 Å². The van der Waals surface area contributed by atoms with Crippen LogP contribution in [0.5, 0.6) is 0 Å². The molecular weight excluding hydrogens is 370 g/mol. The Labute approximate surface area is 171 Å². The number of carbonyl (C=O) groups excluding carboxylic acids is 1. The van der Waals surface area contributed by atoms with Crippen LogP contribution in [0.15, 0.2) is 16.8 Å². The highest BCUT2D eigenvalue weighted by Gasteiger charge is 2.41. The third-order valence-corrected chi connectivity index (χ3v) is 6.24. The van der Waals surface area contributed by atoms with Gasteiger partial charge in [-0.15, -0.1) is 0 Å². The summed E-state index contributed by atoms with van der Waals surface area (Å²) in [7, 11) is 0. The molecule has 2 aromatic rings. The summed E-state index contributed by atoms with van der Waals surface area (Å²) in [4.78, 5) is 19.3. The second-order valence-corrected chi connectivity index (χ2v) is 8.62. The van der Waals surface area contributed by atoms with E-state index in [4.69, 9.17) is 9.26 Å². The van der Waals surface area contributed by atoms with E-state index < -0.39 is 0 Å². The van der Waals surface area contributed by atoms with E-state index in [-0.39, 0.29) is 17.4 Å². The Kier molecular flexibility index (Phi) is 5.72. The van der Waals surface area contributed by atoms with Crippen molar-refractivity contribution in [3.63, 3.8) is 0 Å². The van der Waals surface area contributed by atoms with Crippen molar-refractivity contribution in [1.82, 2.24) is 24.8 Å². The van der Waals surface area contributed by atoms with Crippen LogP contribution in [-0.4, -0.2) is 56.0 Å². The lowest BCUT2D eigenvalue weighted by atomic mass is 9.78. The number of nitrogens with zero attached hydrogens (tertiary/aromatic N) is 5. The molecule has 2 saturated heterocycles. The molecule has 8 heteroatoms. The average Bonchev–Trinajstić information content (AvgIpc) is 3.37. The molecule has 2 aliphatic heterocycles. The molecule has 1 unspecified atom stereocenters. The topological polar surface area (TPSA) is 86.3 Å². The Hall–Kier alpha value is -2.22. The summed E-state index contributed by atoms with van der Waals surface area (Å²) in [5, 5.41) is 8.38. The summed E-state index contributed by atoms with van der Waals surface area (Å²) in [5.41, 5.74) is 0.541. The van der Waals surface area contributed by atoms with E-state index in [1.165, 1.54) is 0 Å². The largest absolute Gasteiger partial charge is 0.375 e. The number of rotatable bonds is 5. The zero-order valence-electron chi connectivity index (χ0n) is 17.6. The van der Waals surface area contributed by atoms with Crippen molar-refractivity contribution < 1.29 is 14.1 Å². The molecule has 158 valence electrons. The normalized spacial score (nSPS) is 21.8. The fraction of sp³-hybridized carbons (Fsp3) is 0.714. The van der Waals surface area contributed by atoms with Crippen molar-refractivity contribution in [2.75, 3.05) is 19.7 Å². The molecular formula is C21H31N5O3. The summed E-state index contributed by atoms with van der Waals surface area (Å²) in [6.45, 7) is 9.02. The molecule has 1 spiro atoms. The fourth-order valence-corrected chi connectivity index (χ4v) is 4.54. The zero-order chi connectivity index (χ0) is 20.4. The minimum absolute atomic E-state index is 0.0690. The summed E-state index contributed by atoms with van der Waals surface area (Å²) < 4.78 is 13.4. The maximum Gasteiger partial charge on any atom is 0.272 e. The molecule has 4 heterocycles. The van der Waals surface area contributed by atoms with Crippen LogP contribution in [0.2, 0.25) is 0 Å². The van der Waals surface area contributed by atoms with Gasteiger partial charge < -0.3 is 14.2 Å². The first kappa shape index (κ1) is 20.1. The van der Waals surface area contributed by atoms with Crippen LogP contribution in [0.3, 0.4) is 0 Å². The Bertz CT molecular complexity index is 835. The van der Waals surface area contributed by atoms with Gasteiger partial charge in [-0.05, 0) is 44.6 Å². The third kappa shape index (κ3) is 4.22. The molecule has 1 amide bonds. The highest BCUT2D eigenvalue weighted by Crippen LogP contribution is 2.39. The predicted octanol–water partition coefficient (Wildman–Crippen LogP) is 3.05. The molecule has 2 fully saturated rings. The minimum atomic E-state index is -0.130. The Morgan fingerprint density at radius 2 is 2.14 bits per heavy atom. The first-order chi connectivity index (χ1) is 14.0. The number of ether oxygens (including phenoxy) is 1. The van der Waals surface area contributed by atoms with E-state index in [9.17, 15) is 4.79 Å². The maximum atomic E-state index is 12.9. The van der Waals surface area contributed by atoms with E-state index in [0.29, 0.717) is 24.0 Å². The van der Waals surface area contributed by atoms with Crippen molar-refractivity contribution in [3.05, 3.63) is 29.7 Å². The SMILES string of the molecule is CCn1nccc1C(=O)N1CCC2(CC1)CC(Cc1noc(C(C)C)n1)CCO2. The van der Waals surface area contributed by atoms with Crippen LogP contribution in [0.25, 0.3) is 0 Å². The first-order valence-electron chi connectivity index (χ1n) is 10.8. The summed E-state index contributed by atoms with van der Waals surface area (Å²) in [6.07, 6.45) is 6.29. The van der Waals surface area contributed by atoms with Crippen LogP contribution < -0.4 is 0 Å². The average molecular weight is 402 g/mol. The van der Waals surface area contributed by atoms with Gasteiger partial charge in [-0.2, -0.15) is 10.1 Å². The smallest absolute Gasteiger partial charge is 0.272 e. The molecule has 8 nitrogen and oxygen atoms in total. The van der Waals surface area contributed by atoms with Gasteiger partial charge in [0.1, 0.15) is 5.69 Å². The van der Waals surface area contributed by atoms with Gasteiger partial charge in [0.05, 0.1) is 5.60 Å². The summed E-state index contributed by atoms with van der Waals surface area (Å²) >= 11 is 0. The highest BCUT2D eigenvalue weighted by molar-refractivity contribution is 5.92. The lowest BCUT2D eigenvalue weighted by molar-refractivity contribution is -0.123. The Morgan fingerprint density at radius 3 is 2.83 bits per heavy atom. The monoisotopic (exact) mass is 401 g/mol. The van der Waals surface area contributed by atoms with Crippen LogP contribution in [0, 0.1) is 5.92 Å². The molecule has 0 aliphatic carbocycles. The lowest BCUT2D eigenvalue weighted by Crippen LogP contribution is -2.51. The molecule has 0 saturated carbocycles. The predicted molar refractivity (Wildman–Crippen MR) is 107 cm³/mol. The number of aromatic nitrogens is 4. The Balaban J connectivity index is 1.35. The van der Waals surface area contributed by atoms with E-state index in [0.717, 1.165) is 57.6 Å². The molecule has 0 aromatic carbocycles. The van der Waals surface area contributed by atoms with Gasteiger partial charge in [0.2, 0.25) is 5.89 Å². The van der Waals surface area contributed by atoms with Crippen molar-refractivity contribution in [3.8, 4) is 0 Å². The molecule has 0 radical (unpaired) electrons. The molecule has 0 bridgehead atoms. The number of likely N-dealkylation sites (tertiary alicyclic amines) is 1. The van der Waals surface area contributed by atoms with Gasteiger partial charge >= 0.3 is 0 Å². The number of carbonyl (C=O) groups is 1. The van der Waals surface area contributed by atoms with Crippen LogP contribution in [-0.2, 0) is 17.7 Å². The molecule has 1 atom stereocenters. The quantitative estimate of drug-likeness (QED) is 0.765. The van der Waals surface area contributed by atoms with Crippen molar-refractivity contribution in [2.24, 2.45) is 5.92 Å². The summed E-state index contributed by atoms with van der Waals surface area (Å²) in [5.74, 6) is 2.32. The zero-order valence-corrected chi connectivity index (χ0v) is 17.6. The number of piperidine rings is 1. The molecule has 2 aliphatic rings. The minimum Gasteiger partial charge on any atom is -0.375 e. The lowest BCUT2D eigenvalue weighted by Gasteiger charge is -2.46. The Morgan fingerprint density at radius 1 is 1.34 bits per heavy atom. The fourth-order valence-electron chi connectivity index (χ4n) is 4.54. The second kappa shape index (κ2) is 8.26. The first-order valence-corrected chi connectivity index (χ1v) is 10.8. The van der Waals surface area contributed by atoms with Crippen LogP contribution >= 0.6 is 0 Å². The number of aryl methyl sites for hydroxylation is 1.